The van der Waals surface area contributed by atoms with Crippen molar-refractivity contribution in [1.29, 1.82) is 0 Å². The Morgan fingerprint density at radius 2 is 0.950 bits per heavy atom. The van der Waals surface area contributed by atoms with Gasteiger partial charge in [-0.15, -0.1) is 0 Å². The van der Waals surface area contributed by atoms with E-state index in [4.69, 9.17) is 0 Å². The predicted molar refractivity (Wildman–Crippen MR) is 164 cm³/mol. The normalized spacial score (nSPS) is 14.3. The molecule has 40 heavy (non-hydrogen) atoms. The van der Waals surface area contributed by atoms with E-state index in [2.05, 4.69) is 109 Å². The zero-order valence-corrected chi connectivity index (χ0v) is 23.2. The second-order valence-corrected chi connectivity index (χ2v) is 12.9. The Hall–Kier alpha value is -4.18. The van der Waals surface area contributed by atoms with Crippen molar-refractivity contribution in [1.82, 2.24) is 0 Å². The quantitative estimate of drug-likeness (QED) is 0.218. The molecule has 0 amide bonds. The van der Waals surface area contributed by atoms with Gasteiger partial charge in [0.25, 0.3) is 0 Å². The summed E-state index contributed by atoms with van der Waals surface area (Å²) in [6, 6.07) is 51.3. The average Bonchev–Trinajstić information content (AvgIpc) is 3.48. The van der Waals surface area contributed by atoms with Crippen LogP contribution in [-0.4, -0.2) is 4.21 Å². The minimum atomic E-state index is -1.27. The molecule has 0 aliphatic heterocycles. The first kappa shape index (κ1) is 23.7. The van der Waals surface area contributed by atoms with Gasteiger partial charge in [0, 0.05) is 19.6 Å². The second kappa shape index (κ2) is 9.19. The predicted octanol–water partition coefficient (Wildman–Crippen LogP) is 9.35. The topological polar surface area (TPSA) is 17.1 Å². The van der Waals surface area contributed by atoms with E-state index >= 15 is 0 Å². The Kier molecular flexibility index (Phi) is 5.44. The van der Waals surface area contributed by atoms with E-state index in [0.29, 0.717) is 0 Å². The minimum absolute atomic E-state index is 0.470. The molecule has 2 aliphatic rings. The Labute approximate surface area is 241 Å². The number of hydrogen-bond donors (Lipinski definition) is 0. The van der Waals surface area contributed by atoms with Crippen molar-refractivity contribution < 1.29 is 4.21 Å². The molecule has 6 aromatic rings. The minimum Gasteiger partial charge on any atom is -0.249 e. The molecule has 0 heterocycles. The average molecular weight is 549 g/mol. The lowest BCUT2D eigenvalue weighted by Gasteiger charge is -2.31. The maximum absolute atomic E-state index is 13.8. The van der Waals surface area contributed by atoms with Crippen LogP contribution in [0.25, 0.3) is 22.3 Å². The SMILES string of the molecule is O=S(c1ccccc1)c1ccc2c(c1)C1(c3ccccc3-c3ccccc31)c1cc(Sc3ccccc3)ccc1-2. The van der Waals surface area contributed by atoms with Crippen molar-refractivity contribution in [3.63, 3.8) is 0 Å². The molecule has 0 bridgehead atoms. The molecule has 0 N–H and O–H groups in total. The lowest BCUT2D eigenvalue weighted by Crippen LogP contribution is -2.26. The van der Waals surface area contributed by atoms with Crippen LogP contribution in [0.2, 0.25) is 0 Å². The summed E-state index contributed by atoms with van der Waals surface area (Å²) in [6.45, 7) is 0. The van der Waals surface area contributed by atoms with Gasteiger partial charge in [0.05, 0.1) is 16.2 Å². The van der Waals surface area contributed by atoms with Crippen molar-refractivity contribution in [2.75, 3.05) is 0 Å². The van der Waals surface area contributed by atoms with Gasteiger partial charge in [0.1, 0.15) is 0 Å². The Morgan fingerprint density at radius 1 is 0.425 bits per heavy atom. The van der Waals surface area contributed by atoms with Crippen LogP contribution in [-0.2, 0) is 16.2 Å². The van der Waals surface area contributed by atoms with Crippen LogP contribution < -0.4 is 0 Å². The fraction of sp³-hybridized carbons (Fsp3) is 0.0270. The fourth-order valence-electron chi connectivity index (χ4n) is 6.58. The Morgan fingerprint density at radius 3 is 1.62 bits per heavy atom. The zero-order valence-electron chi connectivity index (χ0n) is 21.6. The van der Waals surface area contributed by atoms with Crippen LogP contribution in [0, 0.1) is 0 Å². The molecule has 1 unspecified atom stereocenters. The van der Waals surface area contributed by atoms with Crippen LogP contribution in [0.15, 0.2) is 165 Å². The second-order valence-electron chi connectivity index (χ2n) is 10.3. The molecule has 0 radical (unpaired) electrons. The standard InChI is InChI=1S/C37H24OS2/c38-40(27-13-5-2-6-14-27)28-20-22-32-31-21-19-26(39-25-11-3-1-4-12-25)23-35(31)37(36(32)24-28)33-17-9-7-15-29(33)30-16-8-10-18-34(30)37/h1-24H. The van der Waals surface area contributed by atoms with E-state index in [1.807, 2.05) is 36.4 Å². The third-order valence-electron chi connectivity index (χ3n) is 8.18. The van der Waals surface area contributed by atoms with Gasteiger partial charge >= 0.3 is 0 Å². The Balaban J connectivity index is 1.41. The maximum atomic E-state index is 13.8. The summed E-state index contributed by atoms with van der Waals surface area (Å²) in [5, 5.41) is 0. The van der Waals surface area contributed by atoms with Gasteiger partial charge in [-0.05, 0) is 93.0 Å². The van der Waals surface area contributed by atoms with Gasteiger partial charge in [0.15, 0.2) is 0 Å². The number of rotatable bonds is 4. The summed E-state index contributed by atoms with van der Waals surface area (Å²) in [6.07, 6.45) is 0. The summed E-state index contributed by atoms with van der Waals surface area (Å²) in [5.74, 6) is 0. The van der Waals surface area contributed by atoms with Gasteiger partial charge in [-0.1, -0.05) is 109 Å². The monoisotopic (exact) mass is 548 g/mol. The maximum Gasteiger partial charge on any atom is 0.0849 e. The highest BCUT2D eigenvalue weighted by molar-refractivity contribution is 7.99. The van der Waals surface area contributed by atoms with Gasteiger partial charge < -0.3 is 0 Å². The Bertz CT molecular complexity index is 1900. The summed E-state index contributed by atoms with van der Waals surface area (Å²) in [7, 11) is -1.27. The van der Waals surface area contributed by atoms with Gasteiger partial charge in [-0.3, -0.25) is 0 Å². The fourth-order valence-corrected chi connectivity index (χ4v) is 8.55. The van der Waals surface area contributed by atoms with E-state index in [1.165, 1.54) is 54.3 Å². The first-order chi connectivity index (χ1) is 19.7. The molecule has 1 atom stereocenters. The van der Waals surface area contributed by atoms with E-state index < -0.39 is 16.2 Å². The number of fused-ring (bicyclic) bond motifs is 10. The largest absolute Gasteiger partial charge is 0.249 e. The molecule has 8 rings (SSSR count). The van der Waals surface area contributed by atoms with E-state index in [0.717, 1.165) is 9.79 Å². The molecule has 6 aromatic carbocycles. The highest BCUT2D eigenvalue weighted by Crippen LogP contribution is 2.63. The van der Waals surface area contributed by atoms with Crippen LogP contribution in [0.5, 0.6) is 0 Å². The van der Waals surface area contributed by atoms with Crippen molar-refractivity contribution in [3.05, 3.63) is 168 Å². The summed E-state index contributed by atoms with van der Waals surface area (Å²) in [5.41, 5.74) is 9.62. The van der Waals surface area contributed by atoms with Gasteiger partial charge in [-0.2, -0.15) is 0 Å². The number of hydrogen-bond acceptors (Lipinski definition) is 2. The van der Waals surface area contributed by atoms with E-state index in [1.54, 1.807) is 11.8 Å². The highest BCUT2D eigenvalue weighted by atomic mass is 32.2. The summed E-state index contributed by atoms with van der Waals surface area (Å²) in [4.78, 5) is 4.09. The smallest absolute Gasteiger partial charge is 0.0849 e. The van der Waals surface area contributed by atoms with Crippen LogP contribution in [0.3, 0.4) is 0 Å². The number of benzene rings is 6. The molecule has 0 saturated heterocycles. The van der Waals surface area contributed by atoms with Gasteiger partial charge in [-0.25, -0.2) is 4.21 Å². The molecular formula is C37H24OS2. The molecule has 0 aromatic heterocycles. The van der Waals surface area contributed by atoms with Gasteiger partial charge in [0.2, 0.25) is 0 Å². The third kappa shape index (κ3) is 3.38. The lowest BCUT2D eigenvalue weighted by molar-refractivity contribution is 0.682. The molecular weight excluding hydrogens is 525 g/mol. The first-order valence-electron chi connectivity index (χ1n) is 13.4. The first-order valence-corrected chi connectivity index (χ1v) is 15.4. The third-order valence-corrected chi connectivity index (χ3v) is 10.6. The summed E-state index contributed by atoms with van der Waals surface area (Å²) >= 11 is 1.79. The molecule has 2 aliphatic carbocycles. The van der Waals surface area contributed by atoms with Crippen molar-refractivity contribution >= 4 is 22.6 Å². The highest BCUT2D eigenvalue weighted by Gasteiger charge is 2.51. The molecule has 1 nitrogen and oxygen atoms in total. The molecule has 1 spiro atoms. The van der Waals surface area contributed by atoms with Crippen LogP contribution in [0.4, 0.5) is 0 Å². The van der Waals surface area contributed by atoms with Crippen LogP contribution in [0.1, 0.15) is 22.3 Å². The zero-order chi connectivity index (χ0) is 26.7. The molecule has 3 heteroatoms. The summed E-state index contributed by atoms with van der Waals surface area (Å²) < 4.78 is 13.8. The molecule has 0 saturated carbocycles. The van der Waals surface area contributed by atoms with Crippen LogP contribution >= 0.6 is 11.8 Å². The van der Waals surface area contributed by atoms with Crippen molar-refractivity contribution in [2.24, 2.45) is 0 Å². The lowest BCUT2D eigenvalue weighted by atomic mass is 9.70. The van der Waals surface area contributed by atoms with E-state index in [-0.39, 0.29) is 0 Å². The van der Waals surface area contributed by atoms with Crippen molar-refractivity contribution in [3.8, 4) is 22.3 Å². The molecule has 0 fully saturated rings. The van der Waals surface area contributed by atoms with E-state index in [9.17, 15) is 4.21 Å². The molecule has 190 valence electrons. The van der Waals surface area contributed by atoms with Crippen molar-refractivity contribution in [2.45, 2.75) is 25.0 Å².